The first-order valence-corrected chi connectivity index (χ1v) is 7.88. The van der Waals surface area contributed by atoms with Gasteiger partial charge < -0.3 is 15.3 Å². The second-order valence-corrected chi connectivity index (χ2v) is 6.28. The summed E-state index contributed by atoms with van der Waals surface area (Å²) in [5.74, 6) is 1.78. The molecule has 106 valence electrons. The first kappa shape index (κ1) is 14.3. The molecule has 2 rings (SSSR count). The molecule has 18 heavy (non-hydrogen) atoms. The van der Waals surface area contributed by atoms with Crippen molar-refractivity contribution in [2.45, 2.75) is 51.5 Å². The number of hydrogen-bond donors (Lipinski definition) is 2. The average Bonchev–Trinajstić information content (AvgIpc) is 3.17. The zero-order chi connectivity index (χ0) is 12.8. The molecule has 0 spiro atoms. The molecule has 0 amide bonds. The van der Waals surface area contributed by atoms with Gasteiger partial charge in [-0.05, 0) is 56.9 Å². The van der Waals surface area contributed by atoms with Crippen molar-refractivity contribution in [3.63, 3.8) is 0 Å². The van der Waals surface area contributed by atoms with Crippen LogP contribution in [0.2, 0.25) is 0 Å². The fourth-order valence-electron chi connectivity index (χ4n) is 3.20. The molecule has 3 nitrogen and oxygen atoms in total. The third kappa shape index (κ3) is 4.87. The highest BCUT2D eigenvalue weighted by atomic mass is 16.2. The molecule has 2 N–H and O–H groups in total. The highest BCUT2D eigenvalue weighted by Crippen LogP contribution is 2.31. The number of aliphatic hydroxyl groups excluding tert-OH is 1. The van der Waals surface area contributed by atoms with Crippen molar-refractivity contribution in [3.05, 3.63) is 0 Å². The number of hydrogen-bond acceptors (Lipinski definition) is 3. The topological polar surface area (TPSA) is 35.5 Å². The molecule has 1 saturated carbocycles. The summed E-state index contributed by atoms with van der Waals surface area (Å²) in [7, 11) is 0. The molecule has 1 aliphatic heterocycles. The summed E-state index contributed by atoms with van der Waals surface area (Å²) in [6.45, 7) is 7.56. The van der Waals surface area contributed by atoms with Crippen molar-refractivity contribution >= 4 is 0 Å². The lowest BCUT2D eigenvalue weighted by atomic mass is 9.90. The van der Waals surface area contributed by atoms with Crippen molar-refractivity contribution in [2.75, 3.05) is 32.8 Å². The number of aliphatic hydroxyl groups is 1. The summed E-state index contributed by atoms with van der Waals surface area (Å²) in [4.78, 5) is 2.68. The smallest absolute Gasteiger partial charge is 0.0431 e. The molecule has 0 aromatic carbocycles. The number of rotatable bonds is 8. The molecule has 1 heterocycles. The van der Waals surface area contributed by atoms with Crippen LogP contribution in [0.1, 0.15) is 45.4 Å². The van der Waals surface area contributed by atoms with E-state index in [1.165, 1.54) is 51.7 Å². The van der Waals surface area contributed by atoms with E-state index in [0.29, 0.717) is 12.6 Å². The molecule has 0 aromatic heterocycles. The lowest BCUT2D eigenvalue weighted by Crippen LogP contribution is -2.49. The van der Waals surface area contributed by atoms with Crippen molar-refractivity contribution in [1.29, 1.82) is 0 Å². The van der Waals surface area contributed by atoms with Crippen molar-refractivity contribution in [1.82, 2.24) is 10.2 Å². The summed E-state index contributed by atoms with van der Waals surface area (Å²) in [6, 6.07) is 0.682. The second-order valence-electron chi connectivity index (χ2n) is 6.28. The Morgan fingerprint density at radius 3 is 2.72 bits per heavy atom. The monoisotopic (exact) mass is 254 g/mol. The number of likely N-dealkylation sites (tertiary alicyclic amines) is 1. The Morgan fingerprint density at radius 2 is 2.06 bits per heavy atom. The van der Waals surface area contributed by atoms with Crippen LogP contribution in [0.25, 0.3) is 0 Å². The molecular weight excluding hydrogens is 224 g/mol. The third-order valence-electron chi connectivity index (χ3n) is 4.28. The molecule has 2 atom stereocenters. The van der Waals surface area contributed by atoms with Crippen LogP contribution in [0.15, 0.2) is 0 Å². The number of nitrogens with zero attached hydrogens (tertiary/aromatic N) is 1. The Morgan fingerprint density at radius 1 is 1.22 bits per heavy atom. The molecule has 2 aliphatic rings. The van der Waals surface area contributed by atoms with Crippen LogP contribution in [0.4, 0.5) is 0 Å². The van der Waals surface area contributed by atoms with Crippen LogP contribution in [0.5, 0.6) is 0 Å². The van der Waals surface area contributed by atoms with Gasteiger partial charge in [0.15, 0.2) is 0 Å². The highest BCUT2D eigenvalue weighted by molar-refractivity contribution is 4.86. The zero-order valence-electron chi connectivity index (χ0n) is 11.9. The molecule has 0 bridgehead atoms. The molecule has 3 heteroatoms. The van der Waals surface area contributed by atoms with E-state index in [2.05, 4.69) is 17.1 Å². The Balaban J connectivity index is 1.78. The van der Waals surface area contributed by atoms with Gasteiger partial charge in [-0.1, -0.05) is 6.92 Å². The van der Waals surface area contributed by atoms with Gasteiger partial charge in [0.25, 0.3) is 0 Å². The fourth-order valence-corrected chi connectivity index (χ4v) is 3.20. The van der Waals surface area contributed by atoms with Crippen LogP contribution < -0.4 is 5.32 Å². The van der Waals surface area contributed by atoms with Crippen LogP contribution in [0.3, 0.4) is 0 Å². The van der Waals surface area contributed by atoms with Crippen LogP contribution >= 0.6 is 0 Å². The molecule has 0 aromatic rings. The molecule has 2 unspecified atom stereocenters. The predicted molar refractivity (Wildman–Crippen MR) is 75.7 cm³/mol. The van der Waals surface area contributed by atoms with Crippen LogP contribution in [0, 0.1) is 11.8 Å². The summed E-state index contributed by atoms with van der Waals surface area (Å²) < 4.78 is 0. The van der Waals surface area contributed by atoms with Gasteiger partial charge in [0.2, 0.25) is 0 Å². The first-order valence-electron chi connectivity index (χ1n) is 7.88. The van der Waals surface area contributed by atoms with Gasteiger partial charge in [0, 0.05) is 32.3 Å². The van der Waals surface area contributed by atoms with Gasteiger partial charge in [0.05, 0.1) is 0 Å². The average molecular weight is 254 g/mol. The Labute approximate surface area is 112 Å². The highest BCUT2D eigenvalue weighted by Gasteiger charge is 2.30. The van der Waals surface area contributed by atoms with Crippen molar-refractivity contribution in [3.8, 4) is 0 Å². The molecular formula is C15H30N2O. The minimum atomic E-state index is 0.353. The maximum atomic E-state index is 9.00. The SMILES string of the molecule is CCCNC1CC(CCCO)CN(CC2CC2)C1. The lowest BCUT2D eigenvalue weighted by molar-refractivity contribution is 0.125. The minimum absolute atomic E-state index is 0.353. The van der Waals surface area contributed by atoms with Gasteiger partial charge in [-0.15, -0.1) is 0 Å². The van der Waals surface area contributed by atoms with E-state index in [9.17, 15) is 0 Å². The summed E-state index contributed by atoms with van der Waals surface area (Å²) in [5.41, 5.74) is 0. The van der Waals surface area contributed by atoms with Gasteiger partial charge in [-0.2, -0.15) is 0 Å². The van der Waals surface area contributed by atoms with Crippen molar-refractivity contribution in [2.24, 2.45) is 11.8 Å². The van der Waals surface area contributed by atoms with E-state index in [1.807, 2.05) is 0 Å². The lowest BCUT2D eigenvalue weighted by Gasteiger charge is -2.38. The quantitative estimate of drug-likeness (QED) is 0.694. The van der Waals surface area contributed by atoms with E-state index in [-0.39, 0.29) is 0 Å². The van der Waals surface area contributed by atoms with Gasteiger partial charge in [-0.3, -0.25) is 0 Å². The van der Waals surface area contributed by atoms with E-state index < -0.39 is 0 Å². The molecule has 2 fully saturated rings. The molecule has 0 radical (unpaired) electrons. The standard InChI is InChI=1S/C15H30N2O/c1-2-7-16-15-9-14(4-3-8-18)11-17(12-15)10-13-5-6-13/h13-16,18H,2-12H2,1H3. The number of nitrogens with one attached hydrogen (secondary N) is 1. The summed E-state index contributed by atoms with van der Waals surface area (Å²) >= 11 is 0. The predicted octanol–water partition coefficient (Wildman–Crippen LogP) is 1.86. The van der Waals surface area contributed by atoms with Gasteiger partial charge in [0.1, 0.15) is 0 Å². The minimum Gasteiger partial charge on any atom is -0.396 e. The van der Waals surface area contributed by atoms with Crippen LogP contribution in [-0.2, 0) is 0 Å². The molecule has 1 saturated heterocycles. The molecule has 1 aliphatic carbocycles. The Bertz CT molecular complexity index is 215. The maximum Gasteiger partial charge on any atom is 0.0431 e. The summed E-state index contributed by atoms with van der Waals surface area (Å²) in [6.07, 6.45) is 7.60. The normalized spacial score (nSPS) is 29.7. The van der Waals surface area contributed by atoms with Gasteiger partial charge in [-0.25, -0.2) is 0 Å². The Kier molecular flexibility index (Phi) is 5.93. The van der Waals surface area contributed by atoms with E-state index >= 15 is 0 Å². The largest absolute Gasteiger partial charge is 0.396 e. The number of piperidine rings is 1. The third-order valence-corrected chi connectivity index (χ3v) is 4.28. The summed E-state index contributed by atoms with van der Waals surface area (Å²) in [5, 5.41) is 12.7. The van der Waals surface area contributed by atoms with E-state index in [0.717, 1.165) is 24.8 Å². The van der Waals surface area contributed by atoms with Gasteiger partial charge >= 0.3 is 0 Å². The zero-order valence-corrected chi connectivity index (χ0v) is 11.9. The van der Waals surface area contributed by atoms with Crippen molar-refractivity contribution < 1.29 is 5.11 Å². The fraction of sp³-hybridized carbons (Fsp3) is 1.00. The first-order chi connectivity index (χ1) is 8.81. The maximum absolute atomic E-state index is 9.00. The Hall–Kier alpha value is -0.120. The van der Waals surface area contributed by atoms with E-state index in [4.69, 9.17) is 5.11 Å². The van der Waals surface area contributed by atoms with E-state index in [1.54, 1.807) is 0 Å². The van der Waals surface area contributed by atoms with Crippen LogP contribution in [-0.4, -0.2) is 48.8 Å². The second kappa shape index (κ2) is 7.46.